The Morgan fingerprint density at radius 1 is 1.03 bits per heavy atom. The van der Waals surface area contributed by atoms with Crippen molar-refractivity contribution in [3.8, 4) is 11.5 Å². The van der Waals surface area contributed by atoms with E-state index in [1.807, 2.05) is 18.2 Å². The Morgan fingerprint density at radius 2 is 1.79 bits per heavy atom. The summed E-state index contributed by atoms with van der Waals surface area (Å²) in [7, 11) is -3.59. The van der Waals surface area contributed by atoms with Crippen molar-refractivity contribution in [3.63, 3.8) is 0 Å². The summed E-state index contributed by atoms with van der Waals surface area (Å²) in [6, 6.07) is 8.62. The van der Waals surface area contributed by atoms with Crippen LogP contribution >= 0.6 is 0 Å². The lowest BCUT2D eigenvalue weighted by Gasteiger charge is -2.33. The maximum atomic E-state index is 12.6. The summed E-state index contributed by atoms with van der Waals surface area (Å²) in [6.45, 7) is 2.21. The normalized spacial score (nSPS) is 17.4. The largest absolute Gasteiger partial charge is 0.486 e. The lowest BCUT2D eigenvalue weighted by Crippen LogP contribution is -2.50. The van der Waals surface area contributed by atoms with Gasteiger partial charge in [-0.1, -0.05) is 6.07 Å². The van der Waals surface area contributed by atoms with Gasteiger partial charge in [-0.05, 0) is 35.9 Å². The number of rotatable bonds is 4. The van der Waals surface area contributed by atoms with Crippen LogP contribution in [0.4, 0.5) is 0 Å². The fourth-order valence-electron chi connectivity index (χ4n) is 3.23. The number of piperazine rings is 1. The van der Waals surface area contributed by atoms with E-state index in [2.05, 4.69) is 4.98 Å². The molecule has 2 aromatic rings. The molecule has 8 nitrogen and oxygen atoms in total. The summed E-state index contributed by atoms with van der Waals surface area (Å²) in [5.74, 6) is 1.21. The summed E-state index contributed by atoms with van der Waals surface area (Å²) in [5, 5.41) is 0. The molecule has 0 bridgehead atoms. The quantitative estimate of drug-likeness (QED) is 0.702. The molecule has 0 radical (unpaired) electrons. The van der Waals surface area contributed by atoms with E-state index in [0.29, 0.717) is 37.8 Å². The first-order valence-corrected chi connectivity index (χ1v) is 10.7. The van der Waals surface area contributed by atoms with Crippen molar-refractivity contribution in [2.45, 2.75) is 4.90 Å². The monoisotopic (exact) mass is 415 g/mol. The Bertz CT molecular complexity index is 1020. The maximum Gasteiger partial charge on any atom is 0.246 e. The van der Waals surface area contributed by atoms with Crippen LogP contribution in [0, 0.1) is 0 Å². The minimum Gasteiger partial charge on any atom is -0.486 e. The van der Waals surface area contributed by atoms with Gasteiger partial charge in [-0.25, -0.2) is 8.42 Å². The molecule has 1 amide bonds. The van der Waals surface area contributed by atoms with Gasteiger partial charge in [0.1, 0.15) is 18.1 Å². The lowest BCUT2D eigenvalue weighted by atomic mass is 10.1. The van der Waals surface area contributed by atoms with Crippen LogP contribution in [0.3, 0.4) is 0 Å². The first-order chi connectivity index (χ1) is 14.0. The third-order valence-electron chi connectivity index (χ3n) is 4.81. The molecule has 2 aliphatic rings. The van der Waals surface area contributed by atoms with Crippen LogP contribution in [0.15, 0.2) is 53.7 Å². The second-order valence-electron chi connectivity index (χ2n) is 6.65. The van der Waals surface area contributed by atoms with Crippen molar-refractivity contribution in [1.82, 2.24) is 14.2 Å². The number of ether oxygens (including phenoxy) is 2. The van der Waals surface area contributed by atoms with Gasteiger partial charge in [0, 0.05) is 44.6 Å². The molecule has 0 spiro atoms. The van der Waals surface area contributed by atoms with E-state index in [4.69, 9.17) is 9.47 Å². The van der Waals surface area contributed by atoms with Crippen molar-refractivity contribution < 1.29 is 22.7 Å². The number of hydrogen-bond acceptors (Lipinski definition) is 6. The minimum absolute atomic E-state index is 0.154. The molecule has 0 atom stereocenters. The number of nitrogens with zero attached hydrogens (tertiary/aromatic N) is 3. The van der Waals surface area contributed by atoms with Gasteiger partial charge >= 0.3 is 0 Å². The van der Waals surface area contributed by atoms with Crippen molar-refractivity contribution in [3.05, 3.63) is 54.4 Å². The molecule has 1 saturated heterocycles. The van der Waals surface area contributed by atoms with Crippen LogP contribution in [0.25, 0.3) is 6.08 Å². The predicted molar refractivity (Wildman–Crippen MR) is 106 cm³/mol. The molecule has 0 unspecified atom stereocenters. The first-order valence-electron chi connectivity index (χ1n) is 9.31. The van der Waals surface area contributed by atoms with Crippen molar-refractivity contribution in [2.75, 3.05) is 39.4 Å². The summed E-state index contributed by atoms with van der Waals surface area (Å²) in [5.41, 5.74) is 0.834. The third kappa shape index (κ3) is 4.25. The van der Waals surface area contributed by atoms with Crippen LogP contribution in [0.1, 0.15) is 5.56 Å². The Balaban J connectivity index is 1.36. The highest BCUT2D eigenvalue weighted by Crippen LogP contribution is 2.31. The molecule has 3 heterocycles. The van der Waals surface area contributed by atoms with Crippen LogP contribution in [0.5, 0.6) is 11.5 Å². The maximum absolute atomic E-state index is 12.6. The topological polar surface area (TPSA) is 89.0 Å². The highest BCUT2D eigenvalue weighted by molar-refractivity contribution is 7.89. The Kier molecular flexibility index (Phi) is 5.50. The molecule has 1 fully saturated rings. The van der Waals surface area contributed by atoms with E-state index in [-0.39, 0.29) is 23.9 Å². The highest BCUT2D eigenvalue weighted by atomic mass is 32.2. The van der Waals surface area contributed by atoms with Gasteiger partial charge in [0.2, 0.25) is 15.9 Å². The average molecular weight is 415 g/mol. The summed E-state index contributed by atoms with van der Waals surface area (Å²) in [4.78, 5) is 18.2. The molecule has 4 rings (SSSR count). The molecule has 9 heteroatoms. The number of sulfonamides is 1. The van der Waals surface area contributed by atoms with Crippen molar-refractivity contribution in [2.24, 2.45) is 0 Å². The number of carbonyl (C=O) groups excluding carboxylic acids is 1. The smallest absolute Gasteiger partial charge is 0.246 e. The van der Waals surface area contributed by atoms with E-state index in [0.717, 1.165) is 5.56 Å². The zero-order valence-electron chi connectivity index (χ0n) is 15.7. The predicted octanol–water partition coefficient (Wildman–Crippen LogP) is 1.40. The van der Waals surface area contributed by atoms with Gasteiger partial charge in [-0.3, -0.25) is 9.78 Å². The third-order valence-corrected chi connectivity index (χ3v) is 6.69. The molecular formula is C20H21N3O5S. The number of amides is 1. The first kappa shape index (κ1) is 19.4. The number of pyridine rings is 1. The van der Waals surface area contributed by atoms with Crippen molar-refractivity contribution >= 4 is 22.0 Å². The number of fused-ring (bicyclic) bond motifs is 1. The van der Waals surface area contributed by atoms with E-state index < -0.39 is 10.0 Å². The summed E-state index contributed by atoms with van der Waals surface area (Å²) in [6.07, 6.45) is 6.09. The Labute approximate surface area is 169 Å². The van der Waals surface area contributed by atoms with Gasteiger partial charge < -0.3 is 14.4 Å². The van der Waals surface area contributed by atoms with Gasteiger partial charge in [0.05, 0.1) is 0 Å². The molecule has 1 aromatic carbocycles. The van der Waals surface area contributed by atoms with E-state index in [1.165, 1.54) is 28.8 Å². The van der Waals surface area contributed by atoms with Crippen molar-refractivity contribution in [1.29, 1.82) is 0 Å². The van der Waals surface area contributed by atoms with Crippen LogP contribution in [-0.2, 0) is 14.8 Å². The highest BCUT2D eigenvalue weighted by Gasteiger charge is 2.29. The van der Waals surface area contributed by atoms with Crippen LogP contribution in [-0.4, -0.2) is 67.9 Å². The number of carbonyl (C=O) groups is 1. The molecule has 1 aromatic heterocycles. The molecule has 152 valence electrons. The molecule has 2 aliphatic heterocycles. The number of benzene rings is 1. The van der Waals surface area contributed by atoms with E-state index in [1.54, 1.807) is 17.0 Å². The van der Waals surface area contributed by atoms with E-state index >= 15 is 0 Å². The second-order valence-corrected chi connectivity index (χ2v) is 8.59. The van der Waals surface area contributed by atoms with Gasteiger partial charge in [-0.2, -0.15) is 4.31 Å². The van der Waals surface area contributed by atoms with Gasteiger partial charge in [0.25, 0.3) is 0 Å². The summed E-state index contributed by atoms with van der Waals surface area (Å²) < 4.78 is 37.7. The van der Waals surface area contributed by atoms with Gasteiger partial charge in [0.15, 0.2) is 11.5 Å². The van der Waals surface area contributed by atoms with Crippen LogP contribution < -0.4 is 9.47 Å². The average Bonchev–Trinajstić information content (AvgIpc) is 2.78. The fraction of sp³-hybridized carbons (Fsp3) is 0.300. The van der Waals surface area contributed by atoms with Crippen LogP contribution in [0.2, 0.25) is 0 Å². The molecule has 0 aliphatic carbocycles. The minimum atomic E-state index is -3.59. The Hall–Kier alpha value is -2.91. The molecular weight excluding hydrogens is 394 g/mol. The Morgan fingerprint density at radius 3 is 2.52 bits per heavy atom. The summed E-state index contributed by atoms with van der Waals surface area (Å²) >= 11 is 0. The standard InChI is InChI=1S/C20H21N3O5S/c24-20(6-4-16-3-5-18-19(14-16)28-13-12-27-18)22-8-10-23(11-9-22)29(25,26)17-2-1-7-21-15-17/h1-7,14-15H,8-13H2/b6-4+. The molecule has 29 heavy (non-hydrogen) atoms. The molecule has 0 saturated carbocycles. The second kappa shape index (κ2) is 8.22. The zero-order chi connectivity index (χ0) is 20.3. The van der Waals surface area contributed by atoms with E-state index in [9.17, 15) is 13.2 Å². The molecule has 0 N–H and O–H groups in total. The number of aromatic nitrogens is 1. The fourth-order valence-corrected chi connectivity index (χ4v) is 4.62. The zero-order valence-corrected chi connectivity index (χ0v) is 16.5. The van der Waals surface area contributed by atoms with Gasteiger partial charge in [-0.15, -0.1) is 0 Å². The lowest BCUT2D eigenvalue weighted by molar-refractivity contribution is -0.127. The SMILES string of the molecule is O=C(/C=C/c1ccc2c(c1)OCCO2)N1CCN(S(=O)(=O)c2cccnc2)CC1. The number of hydrogen-bond donors (Lipinski definition) is 0.